The van der Waals surface area contributed by atoms with Crippen LogP contribution in [0.5, 0.6) is 0 Å². The van der Waals surface area contributed by atoms with Crippen molar-refractivity contribution in [1.82, 2.24) is 0 Å². The molecule has 0 aromatic heterocycles. The maximum atomic E-state index is 6.89. The van der Waals surface area contributed by atoms with Gasteiger partial charge in [0.15, 0.2) is 8.32 Å². The van der Waals surface area contributed by atoms with E-state index in [2.05, 4.69) is 109 Å². The van der Waals surface area contributed by atoms with Crippen molar-refractivity contribution in [2.24, 2.45) is 0 Å². The van der Waals surface area contributed by atoms with Gasteiger partial charge in [-0.05, 0) is 15.1 Å². The molecule has 0 radical (unpaired) electrons. The summed E-state index contributed by atoms with van der Waals surface area (Å²) in [6, 6.07) is 12.9. The van der Waals surface area contributed by atoms with Crippen molar-refractivity contribution in [1.29, 1.82) is 0 Å². The molecule has 1 heterocycles. The van der Waals surface area contributed by atoms with Crippen molar-refractivity contribution >= 4 is 45.8 Å². The minimum absolute atomic E-state index is 0.596. The van der Waals surface area contributed by atoms with E-state index in [-0.39, 0.29) is 0 Å². The summed E-state index contributed by atoms with van der Waals surface area (Å²) < 4.78 is 7.49. The van der Waals surface area contributed by atoms with E-state index >= 15 is 0 Å². The fourth-order valence-electron chi connectivity index (χ4n) is 8.22. The molecule has 1 aromatic carbocycles. The molecule has 0 amide bonds. The van der Waals surface area contributed by atoms with Gasteiger partial charge in [0.1, 0.15) is 0 Å². The Morgan fingerprint density at radius 2 is 1.19 bits per heavy atom. The lowest BCUT2D eigenvalue weighted by Crippen LogP contribution is -2.75. The topological polar surface area (TPSA) is 9.23 Å². The Bertz CT molecular complexity index is 631. The van der Waals surface area contributed by atoms with Crippen LogP contribution in [0.25, 0.3) is 0 Å². The summed E-state index contributed by atoms with van der Waals surface area (Å²) in [4.78, 5) is 0. The van der Waals surface area contributed by atoms with E-state index in [1.165, 1.54) is 6.04 Å². The van der Waals surface area contributed by atoms with Crippen LogP contribution in [0.4, 0.5) is 0 Å². The van der Waals surface area contributed by atoms with Crippen LogP contribution in [0.1, 0.15) is 0 Å². The quantitative estimate of drug-likeness (QED) is 0.429. The monoisotopic (exact) mass is 452 g/mol. The first-order chi connectivity index (χ1) is 12.0. The fraction of sp³-hybridized carbons (Fsp3) is 0.714. The van der Waals surface area contributed by atoms with E-state index in [1.807, 2.05) is 0 Å². The highest BCUT2D eigenvalue weighted by Crippen LogP contribution is 2.74. The van der Waals surface area contributed by atoms with Gasteiger partial charge in [0, 0.05) is 31.3 Å². The first-order valence-corrected chi connectivity index (χ1v) is 26.4. The number of hydrogen-bond acceptors (Lipinski definition) is 1. The van der Waals surface area contributed by atoms with Gasteiger partial charge in [-0.2, -0.15) is 0 Å². The van der Waals surface area contributed by atoms with Gasteiger partial charge in [0.2, 0.25) is 0 Å². The Morgan fingerprint density at radius 3 is 1.52 bits per heavy atom. The van der Waals surface area contributed by atoms with Crippen molar-refractivity contribution < 1.29 is 4.43 Å². The summed E-state index contributed by atoms with van der Waals surface area (Å²) in [5.41, 5.74) is 0. The highest BCUT2D eigenvalue weighted by Gasteiger charge is 2.82. The molecule has 154 valence electrons. The van der Waals surface area contributed by atoms with Crippen molar-refractivity contribution in [3.8, 4) is 0 Å². The molecule has 1 aliphatic rings. The SMILES string of the molecule is CO[Si]1(C([Si](C)(C)C)([Si](C)(C)C)[Si](C)(C)C)CC1[Si](C)(C)c1ccccc1. The van der Waals surface area contributed by atoms with Crippen molar-refractivity contribution in [2.75, 3.05) is 7.11 Å². The minimum atomic E-state index is -1.81. The third kappa shape index (κ3) is 3.32. The lowest BCUT2D eigenvalue weighted by molar-refractivity contribution is 0.412. The molecule has 0 bridgehead atoms. The van der Waals surface area contributed by atoms with Crippen molar-refractivity contribution in [2.45, 2.75) is 87.1 Å². The highest BCUT2D eigenvalue weighted by molar-refractivity contribution is 7.34. The standard InChI is InChI=1S/C21H44OSi5/c1-22-27(18-20(27)26(11,12)19-16-14-13-15-17-19)21(23(2,3)4,24(5,6)7)25(8,9)10/h13-17,20H,18H2,1-12H3. The van der Waals surface area contributed by atoms with Crippen molar-refractivity contribution in [3.05, 3.63) is 30.3 Å². The van der Waals surface area contributed by atoms with Crippen LogP contribution in [0.3, 0.4) is 0 Å². The average Bonchev–Trinajstić information content (AvgIpc) is 3.20. The fourth-order valence-corrected chi connectivity index (χ4v) is 68.4. The Labute approximate surface area is 174 Å². The first kappa shape index (κ1) is 23.5. The smallest absolute Gasteiger partial charge is 0.191 e. The average molecular weight is 453 g/mol. The second-order valence-corrected chi connectivity index (χ2v) is 40.5. The Morgan fingerprint density at radius 1 is 0.778 bits per heavy atom. The summed E-state index contributed by atoms with van der Waals surface area (Å²) >= 11 is 0. The zero-order valence-electron chi connectivity index (χ0n) is 20.1. The lowest BCUT2D eigenvalue weighted by atomic mass is 10.4. The van der Waals surface area contributed by atoms with E-state index in [4.69, 9.17) is 4.43 Å². The van der Waals surface area contributed by atoms with Gasteiger partial charge in [0.25, 0.3) is 0 Å². The lowest BCUT2D eigenvalue weighted by Gasteiger charge is -2.63. The Hall–Kier alpha value is 0.264. The van der Waals surface area contributed by atoms with Gasteiger partial charge >= 0.3 is 0 Å². The van der Waals surface area contributed by atoms with Crippen LogP contribution in [0.2, 0.25) is 87.1 Å². The van der Waals surface area contributed by atoms with Gasteiger partial charge in [-0.15, -0.1) is 0 Å². The molecule has 0 aliphatic carbocycles. The maximum absolute atomic E-state index is 6.89. The molecule has 1 aromatic rings. The molecule has 0 N–H and O–H groups in total. The molecule has 1 fully saturated rings. The number of rotatable bonds is 7. The van der Waals surface area contributed by atoms with Gasteiger partial charge in [-0.1, -0.05) is 108 Å². The first-order valence-electron chi connectivity index (χ1n) is 10.6. The Kier molecular flexibility index (Phi) is 6.02. The molecular weight excluding hydrogens is 409 g/mol. The molecule has 2 atom stereocenters. The zero-order valence-corrected chi connectivity index (χ0v) is 25.1. The van der Waals surface area contributed by atoms with Gasteiger partial charge in [-0.3, -0.25) is 0 Å². The number of benzene rings is 1. The predicted octanol–water partition coefficient (Wildman–Crippen LogP) is 6.49. The molecule has 1 nitrogen and oxygen atoms in total. The third-order valence-electron chi connectivity index (χ3n) is 7.67. The number of hydrogen-bond donors (Lipinski definition) is 0. The molecule has 0 spiro atoms. The van der Waals surface area contributed by atoms with Crippen LogP contribution < -0.4 is 5.19 Å². The second kappa shape index (κ2) is 6.91. The summed E-state index contributed by atoms with van der Waals surface area (Å²) in [5, 5.41) is 2.51. The molecule has 1 saturated heterocycles. The Balaban J connectivity index is 2.73. The molecule has 27 heavy (non-hydrogen) atoms. The van der Waals surface area contributed by atoms with E-state index < -0.39 is 40.6 Å². The molecule has 6 heteroatoms. The molecule has 2 unspecified atom stereocenters. The highest BCUT2D eigenvalue weighted by atomic mass is 28.5. The van der Waals surface area contributed by atoms with Crippen LogP contribution in [-0.2, 0) is 4.43 Å². The van der Waals surface area contributed by atoms with Crippen molar-refractivity contribution in [3.63, 3.8) is 0 Å². The normalized spacial score (nSPS) is 24.8. The second-order valence-electron chi connectivity index (χ2n) is 12.4. The molecule has 1 aliphatic heterocycles. The van der Waals surface area contributed by atoms with E-state index in [0.717, 1.165) is 5.16 Å². The van der Waals surface area contributed by atoms with Crippen LogP contribution in [0, 0.1) is 0 Å². The molecular formula is C21H44OSi5. The van der Waals surface area contributed by atoms with Crippen LogP contribution >= 0.6 is 0 Å². The van der Waals surface area contributed by atoms with Crippen LogP contribution in [-0.4, -0.2) is 47.7 Å². The molecule has 2 rings (SSSR count). The predicted molar refractivity (Wildman–Crippen MR) is 138 cm³/mol. The van der Waals surface area contributed by atoms with E-state index in [0.29, 0.717) is 3.91 Å². The minimum Gasteiger partial charge on any atom is -0.420 e. The van der Waals surface area contributed by atoms with Gasteiger partial charge in [-0.25, -0.2) is 0 Å². The summed E-state index contributed by atoms with van der Waals surface area (Å²) in [6.07, 6.45) is 0. The van der Waals surface area contributed by atoms with Crippen LogP contribution in [0.15, 0.2) is 30.3 Å². The third-order valence-corrected chi connectivity index (χ3v) is 50.0. The molecule has 0 saturated carbocycles. The summed E-state index contributed by atoms with van der Waals surface area (Å²) in [6.45, 7) is 29.4. The maximum Gasteiger partial charge on any atom is 0.191 e. The van der Waals surface area contributed by atoms with Gasteiger partial charge in [0.05, 0.1) is 8.07 Å². The zero-order chi connectivity index (χ0) is 21.1. The van der Waals surface area contributed by atoms with Gasteiger partial charge < -0.3 is 4.43 Å². The summed E-state index contributed by atoms with van der Waals surface area (Å²) in [5.74, 6) is 0. The summed E-state index contributed by atoms with van der Waals surface area (Å²) in [7, 11) is -5.57. The van der Waals surface area contributed by atoms with E-state index in [1.54, 1.807) is 5.19 Å². The van der Waals surface area contributed by atoms with E-state index in [9.17, 15) is 0 Å². The largest absolute Gasteiger partial charge is 0.420 e.